The Bertz CT molecular complexity index is 871. The minimum atomic E-state index is -0.313. The lowest BCUT2D eigenvalue weighted by Crippen LogP contribution is -2.04. The fourth-order valence-electron chi connectivity index (χ4n) is 2.38. The number of nitrogens with one attached hydrogen (secondary N) is 2. The van der Waals surface area contributed by atoms with Crippen LogP contribution in [0.25, 0.3) is 0 Å². The first kappa shape index (κ1) is 16.7. The molecule has 0 saturated carbocycles. The second kappa shape index (κ2) is 7.61. The van der Waals surface area contributed by atoms with Gasteiger partial charge >= 0.3 is 0 Å². The summed E-state index contributed by atoms with van der Waals surface area (Å²) in [6.45, 7) is 0.772. The fourth-order valence-corrected chi connectivity index (χ4v) is 2.38. The van der Waals surface area contributed by atoms with E-state index in [2.05, 4.69) is 15.6 Å². The van der Waals surface area contributed by atoms with Crippen LogP contribution in [0.5, 0.6) is 5.88 Å². The maximum atomic E-state index is 13.2. The largest absolute Gasteiger partial charge is 0.492 e. The monoisotopic (exact) mass is 341 g/mol. The molecule has 128 valence electrons. The van der Waals surface area contributed by atoms with Crippen LogP contribution in [0.3, 0.4) is 0 Å². The number of halogens is 2. The molecule has 0 aliphatic heterocycles. The molecular formula is C19H17F2N3O. The van der Waals surface area contributed by atoms with Crippen LogP contribution in [0.2, 0.25) is 0 Å². The van der Waals surface area contributed by atoms with Crippen LogP contribution in [-0.4, -0.2) is 10.1 Å². The minimum absolute atomic E-state index is 0.146. The summed E-state index contributed by atoms with van der Waals surface area (Å²) in [6, 6.07) is 14.2. The number of hydrogen-bond donors (Lipinski definition) is 3. The van der Waals surface area contributed by atoms with Crippen LogP contribution >= 0.6 is 0 Å². The van der Waals surface area contributed by atoms with Gasteiger partial charge in [0.2, 0.25) is 5.88 Å². The molecule has 2 aromatic carbocycles. The summed E-state index contributed by atoms with van der Waals surface area (Å²) in [6.07, 6.45) is 1.49. The molecule has 1 aromatic heterocycles. The Morgan fingerprint density at radius 3 is 2.04 bits per heavy atom. The Morgan fingerprint density at radius 2 is 1.44 bits per heavy atom. The molecule has 0 amide bonds. The van der Waals surface area contributed by atoms with Gasteiger partial charge < -0.3 is 15.7 Å². The van der Waals surface area contributed by atoms with E-state index in [4.69, 9.17) is 0 Å². The zero-order valence-electron chi connectivity index (χ0n) is 13.3. The van der Waals surface area contributed by atoms with E-state index in [-0.39, 0.29) is 17.5 Å². The average Bonchev–Trinajstić information content (AvgIpc) is 2.60. The van der Waals surface area contributed by atoms with Crippen molar-refractivity contribution in [3.8, 4) is 5.88 Å². The van der Waals surface area contributed by atoms with Gasteiger partial charge in [0.25, 0.3) is 0 Å². The number of nitrogens with zero attached hydrogens (tertiary/aromatic N) is 1. The van der Waals surface area contributed by atoms with Gasteiger partial charge in [0.1, 0.15) is 11.6 Å². The normalized spacial score (nSPS) is 10.5. The number of aromatic hydroxyl groups is 1. The second-order valence-corrected chi connectivity index (χ2v) is 5.56. The van der Waals surface area contributed by atoms with Gasteiger partial charge in [0.15, 0.2) is 0 Å². The van der Waals surface area contributed by atoms with E-state index in [0.717, 1.165) is 11.1 Å². The van der Waals surface area contributed by atoms with Crippen LogP contribution in [0.15, 0.2) is 60.8 Å². The van der Waals surface area contributed by atoms with Gasteiger partial charge in [-0.25, -0.2) is 13.8 Å². The Hall–Kier alpha value is -3.15. The Kier molecular flexibility index (Phi) is 5.09. The first-order chi connectivity index (χ1) is 12.1. The number of anilines is 2. The maximum absolute atomic E-state index is 13.2. The molecule has 0 spiro atoms. The van der Waals surface area contributed by atoms with E-state index in [9.17, 15) is 13.9 Å². The predicted molar refractivity (Wildman–Crippen MR) is 93.4 cm³/mol. The minimum Gasteiger partial charge on any atom is -0.492 e. The van der Waals surface area contributed by atoms with Gasteiger partial charge in [0, 0.05) is 13.1 Å². The molecule has 1 heterocycles. The summed E-state index contributed by atoms with van der Waals surface area (Å²) in [5.41, 5.74) is 2.64. The van der Waals surface area contributed by atoms with E-state index in [0.29, 0.717) is 24.5 Å². The molecule has 25 heavy (non-hydrogen) atoms. The van der Waals surface area contributed by atoms with Crippen molar-refractivity contribution in [1.29, 1.82) is 0 Å². The van der Waals surface area contributed by atoms with Crippen molar-refractivity contribution in [2.75, 3.05) is 10.6 Å². The van der Waals surface area contributed by atoms with Crippen molar-refractivity contribution in [1.82, 2.24) is 4.98 Å². The van der Waals surface area contributed by atoms with Gasteiger partial charge in [-0.3, -0.25) is 0 Å². The van der Waals surface area contributed by atoms with Gasteiger partial charge in [-0.15, -0.1) is 0 Å². The number of pyridine rings is 1. The van der Waals surface area contributed by atoms with Crippen molar-refractivity contribution in [3.63, 3.8) is 0 Å². The lowest BCUT2D eigenvalue weighted by Gasteiger charge is -2.11. The Balaban J connectivity index is 1.65. The summed E-state index contributed by atoms with van der Waals surface area (Å²) < 4.78 is 26.4. The zero-order chi connectivity index (χ0) is 17.6. The summed E-state index contributed by atoms with van der Waals surface area (Å²) in [5.74, 6) is -0.750. The van der Waals surface area contributed by atoms with Crippen molar-refractivity contribution in [3.05, 3.63) is 83.6 Å². The molecule has 3 rings (SSSR count). The molecule has 6 heteroatoms. The number of rotatable bonds is 6. The first-order valence-corrected chi connectivity index (χ1v) is 7.76. The third-order valence-electron chi connectivity index (χ3n) is 3.62. The molecule has 3 aromatic rings. The highest BCUT2D eigenvalue weighted by molar-refractivity contribution is 5.60. The fraction of sp³-hybridized carbons (Fsp3) is 0.105. The van der Waals surface area contributed by atoms with Crippen molar-refractivity contribution in [2.24, 2.45) is 0 Å². The molecule has 0 atom stereocenters. The summed E-state index contributed by atoms with van der Waals surface area (Å²) in [5, 5.41) is 16.0. The lowest BCUT2D eigenvalue weighted by atomic mass is 10.2. The molecular weight excluding hydrogens is 324 g/mol. The van der Waals surface area contributed by atoms with Gasteiger partial charge in [-0.2, -0.15) is 0 Å². The van der Waals surface area contributed by atoms with Crippen LogP contribution < -0.4 is 10.6 Å². The van der Waals surface area contributed by atoms with Crippen molar-refractivity contribution in [2.45, 2.75) is 13.1 Å². The van der Waals surface area contributed by atoms with Crippen LogP contribution in [-0.2, 0) is 13.1 Å². The standard InChI is InChI=1S/C19H17F2N3O/c20-15-5-1-3-13(7-15)10-22-17-9-18(19(25)24-12-17)23-11-14-4-2-6-16(21)8-14/h1-9,12,22-23H,10-11H2,(H,24,25). The van der Waals surface area contributed by atoms with Gasteiger partial charge in [-0.05, 0) is 41.5 Å². The molecule has 0 unspecified atom stereocenters. The van der Waals surface area contributed by atoms with Crippen LogP contribution in [0.4, 0.5) is 20.2 Å². The van der Waals surface area contributed by atoms with Gasteiger partial charge in [-0.1, -0.05) is 24.3 Å². The quantitative estimate of drug-likeness (QED) is 0.626. The second-order valence-electron chi connectivity index (χ2n) is 5.56. The lowest BCUT2D eigenvalue weighted by molar-refractivity contribution is 0.455. The first-order valence-electron chi connectivity index (χ1n) is 7.76. The number of aromatic nitrogens is 1. The average molecular weight is 341 g/mol. The molecule has 0 radical (unpaired) electrons. The summed E-state index contributed by atoms with van der Waals surface area (Å²) >= 11 is 0. The molecule has 0 aliphatic carbocycles. The SMILES string of the molecule is Oc1ncc(NCc2cccc(F)c2)cc1NCc1cccc(F)c1. The number of benzene rings is 2. The number of hydrogen-bond acceptors (Lipinski definition) is 4. The predicted octanol–water partition coefficient (Wildman–Crippen LogP) is 4.29. The van der Waals surface area contributed by atoms with E-state index < -0.39 is 0 Å². The summed E-state index contributed by atoms with van der Waals surface area (Å²) in [4.78, 5) is 3.92. The van der Waals surface area contributed by atoms with Crippen molar-refractivity contribution >= 4 is 11.4 Å². The van der Waals surface area contributed by atoms with E-state index >= 15 is 0 Å². The smallest absolute Gasteiger partial charge is 0.235 e. The highest BCUT2D eigenvalue weighted by Crippen LogP contribution is 2.24. The highest BCUT2D eigenvalue weighted by atomic mass is 19.1. The topological polar surface area (TPSA) is 57.2 Å². The Labute approximate surface area is 144 Å². The van der Waals surface area contributed by atoms with Gasteiger partial charge in [0.05, 0.1) is 17.6 Å². The molecule has 0 saturated heterocycles. The van der Waals surface area contributed by atoms with E-state index in [1.807, 2.05) is 6.07 Å². The van der Waals surface area contributed by atoms with Crippen LogP contribution in [0, 0.1) is 11.6 Å². The molecule has 3 N–H and O–H groups in total. The summed E-state index contributed by atoms with van der Waals surface area (Å²) in [7, 11) is 0. The third kappa shape index (κ3) is 4.67. The molecule has 0 aliphatic rings. The van der Waals surface area contributed by atoms with Crippen LogP contribution in [0.1, 0.15) is 11.1 Å². The molecule has 4 nitrogen and oxygen atoms in total. The highest BCUT2D eigenvalue weighted by Gasteiger charge is 2.05. The van der Waals surface area contributed by atoms with E-state index in [1.54, 1.807) is 24.3 Å². The Morgan fingerprint density at radius 1 is 0.840 bits per heavy atom. The zero-order valence-corrected chi connectivity index (χ0v) is 13.3. The maximum Gasteiger partial charge on any atom is 0.235 e. The van der Waals surface area contributed by atoms with E-state index in [1.165, 1.54) is 30.5 Å². The molecule has 0 fully saturated rings. The van der Waals surface area contributed by atoms with Crippen molar-refractivity contribution < 1.29 is 13.9 Å². The third-order valence-corrected chi connectivity index (χ3v) is 3.62. The molecule has 0 bridgehead atoms.